The first-order valence-corrected chi connectivity index (χ1v) is 5.15. The first-order valence-electron chi connectivity index (χ1n) is 5.15. The van der Waals surface area contributed by atoms with Gasteiger partial charge in [-0.2, -0.15) is 0 Å². The van der Waals surface area contributed by atoms with Gasteiger partial charge in [0.15, 0.2) is 0 Å². The first kappa shape index (κ1) is 10.6. The molecule has 0 unspecified atom stereocenters. The van der Waals surface area contributed by atoms with Crippen molar-refractivity contribution < 1.29 is 4.39 Å². The van der Waals surface area contributed by atoms with E-state index in [-0.39, 0.29) is 5.82 Å². The zero-order chi connectivity index (χ0) is 11.4. The topological polar surface area (TPSA) is 24.9 Å². The number of aryl methyl sites for hydroxylation is 1. The first-order chi connectivity index (χ1) is 7.74. The standard InChI is InChI=1S/C13H13FN2/c1-10-6-11(14)8-13(7-10)16-9-12-4-2-3-5-15-12/h2-8,16H,9H2,1H3. The van der Waals surface area contributed by atoms with Crippen LogP contribution in [0.4, 0.5) is 10.1 Å². The summed E-state index contributed by atoms with van der Waals surface area (Å²) in [7, 11) is 0. The normalized spacial score (nSPS) is 10.1. The molecule has 0 spiro atoms. The highest BCUT2D eigenvalue weighted by Crippen LogP contribution is 2.13. The van der Waals surface area contributed by atoms with E-state index < -0.39 is 0 Å². The number of pyridine rings is 1. The van der Waals surface area contributed by atoms with E-state index in [0.29, 0.717) is 6.54 Å². The summed E-state index contributed by atoms with van der Waals surface area (Å²) in [4.78, 5) is 4.18. The summed E-state index contributed by atoms with van der Waals surface area (Å²) in [6, 6.07) is 10.6. The number of nitrogens with zero attached hydrogens (tertiary/aromatic N) is 1. The van der Waals surface area contributed by atoms with Gasteiger partial charge in [0.25, 0.3) is 0 Å². The molecule has 0 saturated carbocycles. The highest BCUT2D eigenvalue weighted by Gasteiger charge is 1.98. The predicted octanol–water partition coefficient (Wildman–Crippen LogP) is 3.14. The number of nitrogens with one attached hydrogen (secondary N) is 1. The number of halogens is 1. The lowest BCUT2D eigenvalue weighted by atomic mass is 10.2. The maximum absolute atomic E-state index is 13.1. The summed E-state index contributed by atoms with van der Waals surface area (Å²) in [5.74, 6) is -0.219. The number of rotatable bonds is 3. The Morgan fingerprint density at radius 2 is 2.12 bits per heavy atom. The van der Waals surface area contributed by atoms with Gasteiger partial charge in [0, 0.05) is 11.9 Å². The van der Waals surface area contributed by atoms with Crippen LogP contribution >= 0.6 is 0 Å². The molecule has 3 heteroatoms. The fourth-order valence-electron chi connectivity index (χ4n) is 1.53. The van der Waals surface area contributed by atoms with Gasteiger partial charge in [-0.1, -0.05) is 6.07 Å². The van der Waals surface area contributed by atoms with Crippen molar-refractivity contribution >= 4 is 5.69 Å². The molecule has 1 aromatic carbocycles. The lowest BCUT2D eigenvalue weighted by Gasteiger charge is -2.06. The third-order valence-corrected chi connectivity index (χ3v) is 2.24. The summed E-state index contributed by atoms with van der Waals surface area (Å²) in [6.45, 7) is 2.47. The minimum Gasteiger partial charge on any atom is -0.379 e. The third kappa shape index (κ3) is 2.79. The van der Waals surface area contributed by atoms with E-state index in [0.717, 1.165) is 16.9 Å². The molecule has 16 heavy (non-hydrogen) atoms. The molecule has 1 heterocycles. The molecular formula is C13H13FN2. The van der Waals surface area contributed by atoms with Gasteiger partial charge in [-0.05, 0) is 42.8 Å². The second kappa shape index (κ2) is 4.75. The Balaban J connectivity index is 2.05. The van der Waals surface area contributed by atoms with E-state index in [1.54, 1.807) is 6.20 Å². The predicted molar refractivity (Wildman–Crippen MR) is 62.7 cm³/mol. The molecule has 0 bridgehead atoms. The monoisotopic (exact) mass is 216 g/mol. The molecule has 2 rings (SSSR count). The van der Waals surface area contributed by atoms with E-state index in [2.05, 4.69) is 10.3 Å². The number of benzene rings is 1. The van der Waals surface area contributed by atoms with E-state index in [1.165, 1.54) is 12.1 Å². The molecule has 0 saturated heterocycles. The van der Waals surface area contributed by atoms with Crippen LogP contribution in [0, 0.1) is 12.7 Å². The maximum atomic E-state index is 13.1. The zero-order valence-electron chi connectivity index (χ0n) is 9.07. The summed E-state index contributed by atoms with van der Waals surface area (Å²) in [5.41, 5.74) is 2.62. The van der Waals surface area contributed by atoms with Crippen molar-refractivity contribution in [2.75, 3.05) is 5.32 Å². The SMILES string of the molecule is Cc1cc(F)cc(NCc2ccccn2)c1. The maximum Gasteiger partial charge on any atom is 0.125 e. The number of anilines is 1. The molecule has 1 aromatic heterocycles. The van der Waals surface area contributed by atoms with Crippen molar-refractivity contribution in [3.8, 4) is 0 Å². The Labute approximate surface area is 94.2 Å². The average Bonchev–Trinajstić information content (AvgIpc) is 2.27. The zero-order valence-corrected chi connectivity index (χ0v) is 9.07. The molecule has 0 aliphatic rings. The Hall–Kier alpha value is -1.90. The molecular weight excluding hydrogens is 203 g/mol. The molecule has 0 fully saturated rings. The van der Waals surface area contributed by atoms with Crippen LogP contribution in [0.3, 0.4) is 0 Å². The summed E-state index contributed by atoms with van der Waals surface area (Å²) in [5, 5.41) is 3.14. The number of hydrogen-bond acceptors (Lipinski definition) is 2. The van der Waals surface area contributed by atoms with E-state index >= 15 is 0 Å². The molecule has 1 N–H and O–H groups in total. The highest BCUT2D eigenvalue weighted by atomic mass is 19.1. The summed E-state index contributed by atoms with van der Waals surface area (Å²) < 4.78 is 13.1. The van der Waals surface area contributed by atoms with Crippen LogP contribution in [-0.4, -0.2) is 4.98 Å². The van der Waals surface area contributed by atoms with Gasteiger partial charge >= 0.3 is 0 Å². The second-order valence-corrected chi connectivity index (χ2v) is 3.69. The average molecular weight is 216 g/mol. The van der Waals surface area contributed by atoms with Crippen LogP contribution in [-0.2, 0) is 6.54 Å². The summed E-state index contributed by atoms with van der Waals surface area (Å²) in [6.07, 6.45) is 1.74. The summed E-state index contributed by atoms with van der Waals surface area (Å²) >= 11 is 0. The van der Waals surface area contributed by atoms with Crippen molar-refractivity contribution in [2.45, 2.75) is 13.5 Å². The smallest absolute Gasteiger partial charge is 0.125 e. The molecule has 0 atom stereocenters. The fourth-order valence-corrected chi connectivity index (χ4v) is 1.53. The van der Waals surface area contributed by atoms with E-state index in [9.17, 15) is 4.39 Å². The highest BCUT2D eigenvalue weighted by molar-refractivity contribution is 5.46. The molecule has 2 aromatic rings. The van der Waals surface area contributed by atoms with Gasteiger partial charge in [0.2, 0.25) is 0 Å². The lowest BCUT2D eigenvalue weighted by molar-refractivity contribution is 0.627. The number of hydrogen-bond donors (Lipinski definition) is 1. The minimum atomic E-state index is -0.219. The van der Waals surface area contributed by atoms with Crippen molar-refractivity contribution in [2.24, 2.45) is 0 Å². The van der Waals surface area contributed by atoms with Crippen molar-refractivity contribution in [1.82, 2.24) is 4.98 Å². The van der Waals surface area contributed by atoms with Gasteiger partial charge < -0.3 is 5.32 Å². The molecule has 2 nitrogen and oxygen atoms in total. The molecule has 0 amide bonds. The van der Waals surface area contributed by atoms with Crippen molar-refractivity contribution in [1.29, 1.82) is 0 Å². The number of aromatic nitrogens is 1. The van der Waals surface area contributed by atoms with Crippen molar-refractivity contribution in [3.63, 3.8) is 0 Å². The van der Waals surface area contributed by atoms with Crippen LogP contribution in [0.2, 0.25) is 0 Å². The molecule has 0 radical (unpaired) electrons. The van der Waals surface area contributed by atoms with Gasteiger partial charge in [0.1, 0.15) is 5.82 Å². The van der Waals surface area contributed by atoms with Gasteiger partial charge in [-0.3, -0.25) is 4.98 Å². The Morgan fingerprint density at radius 1 is 1.25 bits per heavy atom. The largest absolute Gasteiger partial charge is 0.379 e. The Morgan fingerprint density at radius 3 is 2.81 bits per heavy atom. The quantitative estimate of drug-likeness (QED) is 0.852. The van der Waals surface area contributed by atoms with Crippen LogP contribution < -0.4 is 5.32 Å². The Bertz CT molecular complexity index is 448. The minimum absolute atomic E-state index is 0.219. The lowest BCUT2D eigenvalue weighted by Crippen LogP contribution is -2.01. The van der Waals surface area contributed by atoms with Gasteiger partial charge in [0.05, 0.1) is 12.2 Å². The van der Waals surface area contributed by atoms with Crippen LogP contribution in [0.5, 0.6) is 0 Å². The van der Waals surface area contributed by atoms with E-state index in [1.807, 2.05) is 31.2 Å². The molecule has 0 aliphatic carbocycles. The van der Waals surface area contributed by atoms with E-state index in [4.69, 9.17) is 0 Å². The second-order valence-electron chi connectivity index (χ2n) is 3.69. The fraction of sp³-hybridized carbons (Fsp3) is 0.154. The Kier molecular flexibility index (Phi) is 3.15. The van der Waals surface area contributed by atoms with Crippen LogP contribution in [0.25, 0.3) is 0 Å². The van der Waals surface area contributed by atoms with Gasteiger partial charge in [-0.15, -0.1) is 0 Å². The van der Waals surface area contributed by atoms with Crippen LogP contribution in [0.1, 0.15) is 11.3 Å². The molecule has 82 valence electrons. The molecule has 0 aliphatic heterocycles. The van der Waals surface area contributed by atoms with Gasteiger partial charge in [-0.25, -0.2) is 4.39 Å². The van der Waals surface area contributed by atoms with Crippen molar-refractivity contribution in [3.05, 3.63) is 59.7 Å². The van der Waals surface area contributed by atoms with Crippen LogP contribution in [0.15, 0.2) is 42.6 Å². The third-order valence-electron chi connectivity index (χ3n) is 2.24.